The van der Waals surface area contributed by atoms with Crippen molar-refractivity contribution >= 4 is 11.5 Å². The highest BCUT2D eigenvalue weighted by Crippen LogP contribution is 2.25. The minimum absolute atomic E-state index is 0.00851. The highest BCUT2D eigenvalue weighted by molar-refractivity contribution is 6.16. The molecule has 112 valence electrons. The molecule has 0 fully saturated rings. The number of aryl methyl sites for hydroxylation is 2. The summed E-state index contributed by atoms with van der Waals surface area (Å²) in [5.41, 5.74) is 4.09. The molecule has 0 aliphatic carbocycles. The standard InChI is InChI=1S/C17H19N5/c1-4-10-18-14-11-19-16(13-8-6-5-7-9-13)15-12(2)21-22(3)17(15)20-14/h1,5-9,14,18,20H,10-11H2,2-3H3. The van der Waals surface area contributed by atoms with Crippen molar-refractivity contribution in [3.8, 4) is 12.3 Å². The summed E-state index contributed by atoms with van der Waals surface area (Å²) < 4.78 is 1.86. The molecule has 1 unspecified atom stereocenters. The molecular weight excluding hydrogens is 274 g/mol. The largest absolute Gasteiger partial charge is 0.353 e. The first-order valence-electron chi connectivity index (χ1n) is 7.28. The molecule has 2 N–H and O–H groups in total. The average molecular weight is 293 g/mol. The Morgan fingerprint density at radius 2 is 2.18 bits per heavy atom. The third kappa shape index (κ3) is 2.61. The van der Waals surface area contributed by atoms with Gasteiger partial charge in [0.1, 0.15) is 5.82 Å². The van der Waals surface area contributed by atoms with Crippen LogP contribution < -0.4 is 10.6 Å². The van der Waals surface area contributed by atoms with Crippen molar-refractivity contribution in [2.45, 2.75) is 13.1 Å². The van der Waals surface area contributed by atoms with Crippen LogP contribution in [0.2, 0.25) is 0 Å². The van der Waals surface area contributed by atoms with Gasteiger partial charge in [-0.05, 0) is 6.92 Å². The summed E-state index contributed by atoms with van der Waals surface area (Å²) in [6.45, 7) is 3.12. The molecule has 0 amide bonds. The van der Waals surface area contributed by atoms with Gasteiger partial charge >= 0.3 is 0 Å². The van der Waals surface area contributed by atoms with Crippen LogP contribution in [-0.2, 0) is 7.05 Å². The van der Waals surface area contributed by atoms with Crippen LogP contribution in [0.25, 0.3) is 0 Å². The summed E-state index contributed by atoms with van der Waals surface area (Å²) in [5.74, 6) is 3.57. The van der Waals surface area contributed by atoms with E-state index in [2.05, 4.69) is 33.8 Å². The van der Waals surface area contributed by atoms with E-state index in [-0.39, 0.29) is 6.17 Å². The second-order valence-corrected chi connectivity index (χ2v) is 5.27. The number of anilines is 1. The first-order valence-corrected chi connectivity index (χ1v) is 7.28. The van der Waals surface area contributed by atoms with Gasteiger partial charge in [0.25, 0.3) is 0 Å². The van der Waals surface area contributed by atoms with E-state index < -0.39 is 0 Å². The molecule has 22 heavy (non-hydrogen) atoms. The molecule has 0 radical (unpaired) electrons. The third-order valence-corrected chi connectivity index (χ3v) is 3.70. The summed E-state index contributed by atoms with van der Waals surface area (Å²) >= 11 is 0. The first kappa shape index (κ1) is 14.4. The van der Waals surface area contributed by atoms with E-state index in [9.17, 15) is 0 Å². The van der Waals surface area contributed by atoms with Crippen molar-refractivity contribution in [3.63, 3.8) is 0 Å². The maximum atomic E-state index is 5.34. The monoisotopic (exact) mass is 293 g/mol. The number of aromatic nitrogens is 2. The van der Waals surface area contributed by atoms with Crippen LogP contribution in [-0.4, -0.2) is 34.7 Å². The number of nitrogens with one attached hydrogen (secondary N) is 2. The fraction of sp³-hybridized carbons (Fsp3) is 0.294. The number of benzene rings is 1. The van der Waals surface area contributed by atoms with E-state index in [4.69, 9.17) is 11.4 Å². The van der Waals surface area contributed by atoms with Gasteiger partial charge in [-0.3, -0.25) is 15.0 Å². The number of hydrogen-bond donors (Lipinski definition) is 2. The van der Waals surface area contributed by atoms with Crippen molar-refractivity contribution in [2.75, 3.05) is 18.4 Å². The molecule has 1 aliphatic heterocycles. The van der Waals surface area contributed by atoms with E-state index in [0.29, 0.717) is 13.1 Å². The zero-order valence-electron chi connectivity index (χ0n) is 12.8. The summed E-state index contributed by atoms with van der Waals surface area (Å²) in [5, 5.41) is 11.3. The number of nitrogens with zero attached hydrogens (tertiary/aromatic N) is 3. The van der Waals surface area contributed by atoms with Crippen LogP contribution in [0.1, 0.15) is 16.8 Å². The smallest absolute Gasteiger partial charge is 0.135 e. The lowest BCUT2D eigenvalue weighted by molar-refractivity contribution is 0.603. The Morgan fingerprint density at radius 3 is 2.91 bits per heavy atom. The molecule has 2 aromatic rings. The second kappa shape index (κ2) is 6.04. The molecule has 2 heterocycles. The molecule has 1 aromatic carbocycles. The van der Waals surface area contributed by atoms with Gasteiger partial charge in [-0.25, -0.2) is 0 Å². The van der Waals surface area contributed by atoms with Crippen LogP contribution >= 0.6 is 0 Å². The highest BCUT2D eigenvalue weighted by atomic mass is 15.3. The minimum atomic E-state index is -0.00851. The van der Waals surface area contributed by atoms with Crippen LogP contribution in [0.3, 0.4) is 0 Å². The van der Waals surface area contributed by atoms with E-state index in [0.717, 1.165) is 28.4 Å². The van der Waals surface area contributed by atoms with E-state index in [1.165, 1.54) is 0 Å². The molecule has 1 atom stereocenters. The fourth-order valence-electron chi connectivity index (χ4n) is 2.71. The first-order chi connectivity index (χ1) is 10.7. The second-order valence-electron chi connectivity index (χ2n) is 5.27. The Labute approximate surface area is 130 Å². The molecule has 0 bridgehead atoms. The van der Waals surface area contributed by atoms with Crippen LogP contribution in [0, 0.1) is 19.3 Å². The van der Waals surface area contributed by atoms with Gasteiger partial charge in [-0.15, -0.1) is 6.42 Å². The van der Waals surface area contributed by atoms with Crippen molar-refractivity contribution in [1.82, 2.24) is 15.1 Å². The SMILES string of the molecule is C#CCNC1CN=C(c2ccccc2)c2c(C)nn(C)c2N1. The van der Waals surface area contributed by atoms with Gasteiger partial charge in [0.2, 0.25) is 0 Å². The fourth-order valence-corrected chi connectivity index (χ4v) is 2.71. The topological polar surface area (TPSA) is 54.2 Å². The summed E-state index contributed by atoms with van der Waals surface area (Å²) in [6.07, 6.45) is 5.33. The molecule has 5 nitrogen and oxygen atoms in total. The van der Waals surface area contributed by atoms with Gasteiger partial charge in [0.15, 0.2) is 0 Å². The summed E-state index contributed by atoms with van der Waals surface area (Å²) in [7, 11) is 1.94. The Bertz CT molecular complexity index is 736. The van der Waals surface area contributed by atoms with Gasteiger partial charge in [0.05, 0.1) is 36.2 Å². The van der Waals surface area contributed by atoms with Gasteiger partial charge in [0, 0.05) is 12.6 Å². The lowest BCUT2D eigenvalue weighted by Crippen LogP contribution is -2.39. The number of hydrogen-bond acceptors (Lipinski definition) is 4. The van der Waals surface area contributed by atoms with Gasteiger partial charge in [-0.1, -0.05) is 36.3 Å². The maximum Gasteiger partial charge on any atom is 0.135 e. The Kier molecular flexibility index (Phi) is 3.94. The Morgan fingerprint density at radius 1 is 1.41 bits per heavy atom. The van der Waals surface area contributed by atoms with E-state index in [1.807, 2.05) is 36.9 Å². The quantitative estimate of drug-likeness (QED) is 0.844. The number of aliphatic imine (C=N–C) groups is 1. The third-order valence-electron chi connectivity index (χ3n) is 3.70. The molecule has 1 aliphatic rings. The summed E-state index contributed by atoms with van der Waals surface area (Å²) in [4.78, 5) is 4.81. The van der Waals surface area contributed by atoms with Crippen molar-refractivity contribution < 1.29 is 0 Å². The van der Waals surface area contributed by atoms with Crippen molar-refractivity contribution in [2.24, 2.45) is 12.0 Å². The highest BCUT2D eigenvalue weighted by Gasteiger charge is 2.24. The summed E-state index contributed by atoms with van der Waals surface area (Å²) in [6, 6.07) is 10.2. The zero-order valence-corrected chi connectivity index (χ0v) is 12.8. The number of fused-ring (bicyclic) bond motifs is 1. The predicted octanol–water partition coefficient (Wildman–Crippen LogP) is 1.54. The molecule has 0 spiro atoms. The number of rotatable bonds is 3. The van der Waals surface area contributed by atoms with E-state index >= 15 is 0 Å². The lowest BCUT2D eigenvalue weighted by atomic mass is 10.0. The molecular formula is C17H19N5. The molecule has 5 heteroatoms. The maximum absolute atomic E-state index is 5.34. The lowest BCUT2D eigenvalue weighted by Gasteiger charge is -2.17. The normalized spacial score (nSPS) is 17.0. The zero-order chi connectivity index (χ0) is 15.5. The molecule has 1 aromatic heterocycles. The van der Waals surface area contributed by atoms with Crippen LogP contribution in [0.15, 0.2) is 35.3 Å². The predicted molar refractivity (Wildman–Crippen MR) is 89.1 cm³/mol. The van der Waals surface area contributed by atoms with Gasteiger partial charge < -0.3 is 5.32 Å². The Hall–Kier alpha value is -2.58. The molecule has 0 saturated carbocycles. The number of terminal acetylenes is 1. The van der Waals surface area contributed by atoms with Crippen molar-refractivity contribution in [3.05, 3.63) is 47.2 Å². The molecule has 0 saturated heterocycles. The van der Waals surface area contributed by atoms with Crippen molar-refractivity contribution in [1.29, 1.82) is 0 Å². The van der Waals surface area contributed by atoms with E-state index in [1.54, 1.807) is 0 Å². The van der Waals surface area contributed by atoms with Crippen LogP contribution in [0.4, 0.5) is 5.82 Å². The molecule has 3 rings (SSSR count). The van der Waals surface area contributed by atoms with Crippen LogP contribution in [0.5, 0.6) is 0 Å². The average Bonchev–Trinajstić information content (AvgIpc) is 2.72. The van der Waals surface area contributed by atoms with Gasteiger partial charge in [-0.2, -0.15) is 5.10 Å². The Balaban J connectivity index is 2.07. The minimum Gasteiger partial charge on any atom is -0.353 e.